The van der Waals surface area contributed by atoms with Crippen LogP contribution in [0.2, 0.25) is 0 Å². The molecular formula is C43H45NO7. The number of nitrogens with zero attached hydrogens (tertiary/aromatic N) is 1. The van der Waals surface area contributed by atoms with Gasteiger partial charge in [0.2, 0.25) is 0 Å². The third-order valence-corrected chi connectivity index (χ3v) is 8.70. The van der Waals surface area contributed by atoms with E-state index >= 15 is 0 Å². The van der Waals surface area contributed by atoms with Crippen molar-refractivity contribution < 1.29 is 33.3 Å². The minimum atomic E-state index is -0.596. The standard InChI is InChI=1S/C43H45NO7/c1-43(2,3)51-42(46)44-23-22-38(33-18-20-36(21-19-33)47-24-25-48-41(45)34-14-8-5-9-15-34)40(28-44)50-30-32-26-35-16-10-11-17-37(35)39(27-32)49-29-31-12-6-4-7-13-31/h4-21,26-27,38,40H,22-25,28-30H2,1-3H3. The largest absolute Gasteiger partial charge is 0.490 e. The topological polar surface area (TPSA) is 83.5 Å². The van der Waals surface area contributed by atoms with E-state index in [-0.39, 0.29) is 37.3 Å². The summed E-state index contributed by atoms with van der Waals surface area (Å²) in [5.41, 5.74) is 3.09. The smallest absolute Gasteiger partial charge is 0.410 e. The molecule has 1 amide bonds. The molecule has 0 saturated carbocycles. The van der Waals surface area contributed by atoms with E-state index in [0.717, 1.165) is 33.2 Å². The van der Waals surface area contributed by atoms with Gasteiger partial charge in [-0.25, -0.2) is 9.59 Å². The van der Waals surface area contributed by atoms with E-state index < -0.39 is 5.60 Å². The lowest BCUT2D eigenvalue weighted by Crippen LogP contribution is -2.48. The molecule has 1 saturated heterocycles. The first kappa shape index (κ1) is 35.5. The average Bonchev–Trinajstić information content (AvgIpc) is 3.15. The second-order valence-corrected chi connectivity index (χ2v) is 13.7. The van der Waals surface area contributed by atoms with Crippen LogP contribution in [0, 0.1) is 0 Å². The first-order valence-electron chi connectivity index (χ1n) is 17.4. The van der Waals surface area contributed by atoms with Gasteiger partial charge in [-0.1, -0.05) is 84.9 Å². The third kappa shape index (κ3) is 9.89. The quantitative estimate of drug-likeness (QED) is 0.0957. The molecule has 8 heteroatoms. The number of carbonyl (C=O) groups excluding carboxylic acids is 2. The summed E-state index contributed by atoms with van der Waals surface area (Å²) in [7, 11) is 0. The van der Waals surface area contributed by atoms with Crippen molar-refractivity contribution in [2.24, 2.45) is 0 Å². The number of piperidine rings is 1. The molecule has 0 spiro atoms. The lowest BCUT2D eigenvalue weighted by molar-refractivity contribution is -0.0359. The minimum Gasteiger partial charge on any atom is -0.490 e. The molecule has 0 N–H and O–H groups in total. The van der Waals surface area contributed by atoms with Crippen molar-refractivity contribution in [3.8, 4) is 11.5 Å². The molecule has 6 rings (SSSR count). The van der Waals surface area contributed by atoms with Crippen molar-refractivity contribution in [1.82, 2.24) is 4.90 Å². The summed E-state index contributed by atoms with van der Waals surface area (Å²) in [5, 5.41) is 2.11. The SMILES string of the molecule is CC(C)(C)OC(=O)N1CCC(c2ccc(OCCOC(=O)c3ccccc3)cc2)C(OCc2cc(OCc3ccccc3)c3ccccc3c2)C1. The molecule has 1 aliphatic rings. The van der Waals surface area contributed by atoms with Gasteiger partial charge in [-0.3, -0.25) is 0 Å². The molecule has 1 aliphatic heterocycles. The van der Waals surface area contributed by atoms with Crippen LogP contribution in [0.5, 0.6) is 11.5 Å². The molecule has 1 fully saturated rings. The van der Waals surface area contributed by atoms with Crippen molar-refractivity contribution >= 4 is 22.8 Å². The Morgan fingerprint density at radius 2 is 1.45 bits per heavy atom. The van der Waals surface area contributed by atoms with Crippen LogP contribution in [0.3, 0.4) is 0 Å². The summed E-state index contributed by atoms with van der Waals surface area (Å²) >= 11 is 0. The van der Waals surface area contributed by atoms with E-state index in [4.69, 9.17) is 23.7 Å². The monoisotopic (exact) mass is 687 g/mol. The lowest BCUT2D eigenvalue weighted by atomic mass is 9.87. The Labute approximate surface area is 299 Å². The van der Waals surface area contributed by atoms with Gasteiger partial charge in [0.1, 0.15) is 36.9 Å². The number of likely N-dealkylation sites (tertiary alicyclic amines) is 1. The van der Waals surface area contributed by atoms with Crippen LogP contribution in [0.25, 0.3) is 10.8 Å². The Kier molecular flexibility index (Phi) is 11.5. The van der Waals surface area contributed by atoms with E-state index in [1.807, 2.05) is 81.4 Å². The molecule has 5 aromatic carbocycles. The maximum Gasteiger partial charge on any atom is 0.410 e. The van der Waals surface area contributed by atoms with E-state index in [2.05, 4.69) is 36.4 Å². The number of esters is 1. The van der Waals surface area contributed by atoms with Gasteiger partial charge in [0.25, 0.3) is 0 Å². The maximum absolute atomic E-state index is 13.1. The zero-order valence-corrected chi connectivity index (χ0v) is 29.5. The summed E-state index contributed by atoms with van der Waals surface area (Å²) in [6, 6.07) is 39.3. The average molecular weight is 688 g/mol. The van der Waals surface area contributed by atoms with E-state index in [0.29, 0.717) is 44.0 Å². The van der Waals surface area contributed by atoms with E-state index in [1.165, 1.54) is 0 Å². The molecule has 0 radical (unpaired) electrons. The number of fused-ring (bicyclic) bond motifs is 1. The minimum absolute atomic E-state index is 0.0406. The molecule has 2 unspecified atom stereocenters. The van der Waals surface area contributed by atoms with Crippen molar-refractivity contribution in [3.05, 3.63) is 144 Å². The van der Waals surface area contributed by atoms with Crippen LogP contribution in [0.15, 0.2) is 121 Å². The molecular weight excluding hydrogens is 642 g/mol. The molecule has 51 heavy (non-hydrogen) atoms. The van der Waals surface area contributed by atoms with Gasteiger partial charge in [0, 0.05) is 17.8 Å². The number of hydrogen-bond donors (Lipinski definition) is 0. The zero-order chi connectivity index (χ0) is 35.6. The molecule has 5 aromatic rings. The molecule has 0 aliphatic carbocycles. The van der Waals surface area contributed by atoms with Gasteiger partial charge in [-0.05, 0) is 85.7 Å². The lowest BCUT2D eigenvalue weighted by Gasteiger charge is -2.39. The van der Waals surface area contributed by atoms with Crippen molar-refractivity contribution in [1.29, 1.82) is 0 Å². The molecule has 264 valence electrons. The highest BCUT2D eigenvalue weighted by Crippen LogP contribution is 2.34. The number of rotatable bonds is 12. The van der Waals surface area contributed by atoms with Crippen molar-refractivity contribution in [2.45, 2.75) is 58.0 Å². The Balaban J connectivity index is 1.13. The number of hydrogen-bond acceptors (Lipinski definition) is 7. The summed E-state index contributed by atoms with van der Waals surface area (Å²) in [6.07, 6.45) is 0.0899. The zero-order valence-electron chi connectivity index (χ0n) is 29.5. The molecule has 0 aromatic heterocycles. The summed E-state index contributed by atoms with van der Waals surface area (Å²) in [6.45, 7) is 7.76. The third-order valence-electron chi connectivity index (χ3n) is 8.70. The molecule has 8 nitrogen and oxygen atoms in total. The molecule has 2 atom stereocenters. The van der Waals surface area contributed by atoms with Crippen LogP contribution in [-0.4, -0.2) is 55.0 Å². The van der Waals surface area contributed by atoms with Crippen LogP contribution in [-0.2, 0) is 27.4 Å². The fourth-order valence-corrected chi connectivity index (χ4v) is 6.20. The van der Waals surface area contributed by atoms with Crippen LogP contribution in [0.1, 0.15) is 60.2 Å². The number of amides is 1. The first-order valence-corrected chi connectivity index (χ1v) is 17.4. The van der Waals surface area contributed by atoms with Gasteiger partial charge >= 0.3 is 12.1 Å². The molecule has 0 bridgehead atoms. The first-order chi connectivity index (χ1) is 24.7. The van der Waals surface area contributed by atoms with Gasteiger partial charge in [0.05, 0.1) is 24.8 Å². The van der Waals surface area contributed by atoms with Gasteiger partial charge in [-0.15, -0.1) is 0 Å². The Bertz CT molecular complexity index is 1890. The van der Waals surface area contributed by atoms with Gasteiger partial charge < -0.3 is 28.6 Å². The van der Waals surface area contributed by atoms with Crippen LogP contribution in [0.4, 0.5) is 4.79 Å². The summed E-state index contributed by atoms with van der Waals surface area (Å²) in [4.78, 5) is 27.1. The Morgan fingerprint density at radius 3 is 2.20 bits per heavy atom. The van der Waals surface area contributed by atoms with Gasteiger partial charge in [-0.2, -0.15) is 0 Å². The Morgan fingerprint density at radius 1 is 0.745 bits per heavy atom. The fourth-order valence-electron chi connectivity index (χ4n) is 6.20. The highest BCUT2D eigenvalue weighted by molar-refractivity contribution is 5.89. The van der Waals surface area contributed by atoms with Crippen molar-refractivity contribution in [3.63, 3.8) is 0 Å². The number of ether oxygens (including phenoxy) is 5. The highest BCUT2D eigenvalue weighted by atomic mass is 16.6. The fraction of sp³-hybridized carbons (Fsp3) is 0.302. The summed E-state index contributed by atoms with van der Waals surface area (Å²) < 4.78 is 30.0. The normalized spacial score (nSPS) is 16.0. The highest BCUT2D eigenvalue weighted by Gasteiger charge is 2.35. The predicted octanol–water partition coefficient (Wildman–Crippen LogP) is 8.96. The summed E-state index contributed by atoms with van der Waals surface area (Å²) in [5.74, 6) is 1.14. The maximum atomic E-state index is 13.1. The number of benzene rings is 5. The van der Waals surface area contributed by atoms with Gasteiger partial charge in [0.15, 0.2) is 0 Å². The predicted molar refractivity (Wildman–Crippen MR) is 197 cm³/mol. The number of carbonyl (C=O) groups is 2. The van der Waals surface area contributed by atoms with E-state index in [9.17, 15) is 9.59 Å². The Hall–Kier alpha value is -5.34. The van der Waals surface area contributed by atoms with Crippen molar-refractivity contribution in [2.75, 3.05) is 26.3 Å². The van der Waals surface area contributed by atoms with Crippen LogP contribution < -0.4 is 9.47 Å². The molecule has 1 heterocycles. The second-order valence-electron chi connectivity index (χ2n) is 13.7. The van der Waals surface area contributed by atoms with E-state index in [1.54, 1.807) is 29.2 Å². The second kappa shape index (κ2) is 16.6. The van der Waals surface area contributed by atoms with Crippen LogP contribution >= 0.6 is 0 Å².